The number of hydrogen-bond donors (Lipinski definition) is 2. The molecule has 4 rings (SSSR count). The Hall–Kier alpha value is -3.75. The minimum atomic E-state index is -1.11. The van der Waals surface area contributed by atoms with Crippen LogP contribution in [-0.4, -0.2) is 45.7 Å². The summed E-state index contributed by atoms with van der Waals surface area (Å²) in [5, 5.41) is 27.8. The van der Waals surface area contributed by atoms with Crippen molar-refractivity contribution < 1.29 is 15.0 Å². The van der Waals surface area contributed by atoms with E-state index < -0.39 is 5.97 Å². The van der Waals surface area contributed by atoms with Crippen LogP contribution in [0.5, 0.6) is 5.88 Å². The van der Waals surface area contributed by atoms with E-state index in [1.54, 1.807) is 4.68 Å². The van der Waals surface area contributed by atoms with Crippen LogP contribution >= 0.6 is 0 Å². The molecule has 9 nitrogen and oxygen atoms in total. The van der Waals surface area contributed by atoms with Crippen LogP contribution in [0.2, 0.25) is 0 Å². The average molecular weight is 364 g/mol. The smallest absolute Gasteiger partial charge is 0.338 e. The lowest BCUT2D eigenvalue weighted by Gasteiger charge is -2.14. The fraction of sp³-hybridized carbons (Fsp3) is 0.167. The van der Waals surface area contributed by atoms with E-state index in [2.05, 4.69) is 20.2 Å². The van der Waals surface area contributed by atoms with Gasteiger partial charge in [-0.2, -0.15) is 15.2 Å². The van der Waals surface area contributed by atoms with Crippen LogP contribution < -0.4 is 0 Å². The summed E-state index contributed by atoms with van der Waals surface area (Å²) < 4.78 is 2.86. The molecule has 2 N–H and O–H groups in total. The lowest BCUT2D eigenvalue weighted by atomic mass is 10.1. The van der Waals surface area contributed by atoms with Crippen molar-refractivity contribution in [2.75, 3.05) is 0 Å². The number of aromatic nitrogens is 6. The molecular weight excluding hydrogens is 348 g/mol. The number of benzene rings is 1. The zero-order valence-corrected chi connectivity index (χ0v) is 14.6. The van der Waals surface area contributed by atoms with Crippen LogP contribution in [-0.2, 0) is 0 Å². The van der Waals surface area contributed by atoms with E-state index in [-0.39, 0.29) is 23.4 Å². The molecule has 0 amide bonds. The molecule has 9 heteroatoms. The van der Waals surface area contributed by atoms with Crippen molar-refractivity contribution in [3.05, 3.63) is 59.5 Å². The molecule has 0 fully saturated rings. The third kappa shape index (κ3) is 2.88. The summed E-state index contributed by atoms with van der Waals surface area (Å²) in [6.45, 7) is 3.99. The quantitative estimate of drug-likeness (QED) is 0.570. The average Bonchev–Trinajstić information content (AvgIpc) is 3.29. The molecule has 1 unspecified atom stereocenters. The highest BCUT2D eigenvalue weighted by molar-refractivity contribution is 5.87. The van der Waals surface area contributed by atoms with Gasteiger partial charge in [-0.05, 0) is 19.4 Å². The molecule has 0 saturated carbocycles. The monoisotopic (exact) mass is 364 g/mol. The van der Waals surface area contributed by atoms with Gasteiger partial charge >= 0.3 is 5.97 Å². The lowest BCUT2D eigenvalue weighted by Crippen LogP contribution is -2.09. The SMILES string of the molecule is Cc1ccc(C(C)n2ncc3nc(-n4cc(C(=O)O)cn4)nc(O)c32)cc1. The topological polar surface area (TPSA) is 119 Å². The van der Waals surface area contributed by atoms with Crippen molar-refractivity contribution in [2.45, 2.75) is 19.9 Å². The summed E-state index contributed by atoms with van der Waals surface area (Å²) in [5.41, 5.74) is 3.03. The first-order chi connectivity index (χ1) is 12.9. The van der Waals surface area contributed by atoms with Gasteiger partial charge in [0, 0.05) is 6.20 Å². The molecule has 0 aliphatic carbocycles. The van der Waals surface area contributed by atoms with Crippen molar-refractivity contribution in [2.24, 2.45) is 0 Å². The van der Waals surface area contributed by atoms with Crippen LogP contribution in [0.4, 0.5) is 0 Å². The van der Waals surface area contributed by atoms with E-state index in [0.717, 1.165) is 11.1 Å². The summed E-state index contributed by atoms with van der Waals surface area (Å²) in [6, 6.07) is 7.92. The predicted octanol–water partition coefficient (Wildman–Crippen LogP) is 2.33. The second-order valence-electron chi connectivity index (χ2n) is 6.24. The molecule has 3 aromatic heterocycles. The van der Waals surface area contributed by atoms with E-state index in [1.165, 1.54) is 23.3 Å². The predicted molar refractivity (Wildman–Crippen MR) is 96.1 cm³/mol. The Labute approximate surface area is 153 Å². The van der Waals surface area contributed by atoms with Crippen molar-refractivity contribution >= 4 is 17.0 Å². The van der Waals surface area contributed by atoms with E-state index in [0.29, 0.717) is 11.0 Å². The second kappa shape index (κ2) is 6.20. The number of carboxylic acids is 1. The van der Waals surface area contributed by atoms with Crippen LogP contribution in [0.15, 0.2) is 42.9 Å². The van der Waals surface area contributed by atoms with Crippen molar-refractivity contribution in [1.82, 2.24) is 29.5 Å². The van der Waals surface area contributed by atoms with Crippen LogP contribution in [0.3, 0.4) is 0 Å². The van der Waals surface area contributed by atoms with E-state index in [9.17, 15) is 9.90 Å². The van der Waals surface area contributed by atoms with Crippen LogP contribution in [0, 0.1) is 6.92 Å². The number of nitrogens with zero attached hydrogens (tertiary/aromatic N) is 6. The van der Waals surface area contributed by atoms with Crippen molar-refractivity contribution in [1.29, 1.82) is 0 Å². The number of aromatic hydroxyl groups is 1. The van der Waals surface area contributed by atoms with Gasteiger partial charge in [0.25, 0.3) is 5.95 Å². The highest BCUT2D eigenvalue weighted by atomic mass is 16.4. The van der Waals surface area contributed by atoms with Gasteiger partial charge < -0.3 is 10.2 Å². The van der Waals surface area contributed by atoms with Gasteiger partial charge in [-0.15, -0.1) is 0 Å². The highest BCUT2D eigenvalue weighted by Crippen LogP contribution is 2.28. The summed E-state index contributed by atoms with van der Waals surface area (Å²) in [4.78, 5) is 19.4. The Morgan fingerprint density at radius 3 is 2.52 bits per heavy atom. The van der Waals surface area contributed by atoms with E-state index in [1.807, 2.05) is 38.1 Å². The zero-order chi connectivity index (χ0) is 19.1. The molecule has 0 spiro atoms. The van der Waals surface area contributed by atoms with Crippen molar-refractivity contribution in [3.8, 4) is 11.8 Å². The van der Waals surface area contributed by atoms with Gasteiger partial charge in [0.1, 0.15) is 11.0 Å². The molecule has 1 aromatic carbocycles. The Morgan fingerprint density at radius 2 is 1.85 bits per heavy atom. The zero-order valence-electron chi connectivity index (χ0n) is 14.6. The molecule has 1 atom stereocenters. The molecule has 0 bridgehead atoms. The first-order valence-corrected chi connectivity index (χ1v) is 8.23. The lowest BCUT2D eigenvalue weighted by molar-refractivity contribution is 0.0697. The first-order valence-electron chi connectivity index (χ1n) is 8.23. The van der Waals surface area contributed by atoms with Gasteiger partial charge in [0.2, 0.25) is 5.88 Å². The normalized spacial score (nSPS) is 12.4. The number of carbonyl (C=O) groups is 1. The van der Waals surface area contributed by atoms with Gasteiger partial charge in [0.05, 0.1) is 24.0 Å². The maximum Gasteiger partial charge on any atom is 0.338 e. The largest absolute Gasteiger partial charge is 0.492 e. The van der Waals surface area contributed by atoms with E-state index in [4.69, 9.17) is 5.11 Å². The maximum absolute atomic E-state index is 11.0. The minimum Gasteiger partial charge on any atom is -0.492 e. The summed E-state index contributed by atoms with van der Waals surface area (Å²) in [6.07, 6.45) is 4.00. The van der Waals surface area contributed by atoms with Gasteiger partial charge in [-0.1, -0.05) is 29.8 Å². The molecule has 0 aliphatic heterocycles. The Bertz CT molecular complexity index is 1150. The highest BCUT2D eigenvalue weighted by Gasteiger charge is 2.19. The van der Waals surface area contributed by atoms with Crippen LogP contribution in [0.1, 0.15) is 34.5 Å². The first kappa shape index (κ1) is 16.7. The summed E-state index contributed by atoms with van der Waals surface area (Å²) >= 11 is 0. The van der Waals surface area contributed by atoms with Crippen molar-refractivity contribution in [3.63, 3.8) is 0 Å². The molecule has 3 heterocycles. The Balaban J connectivity index is 1.77. The molecular formula is C18H16N6O3. The number of fused-ring (bicyclic) bond motifs is 1. The molecule has 0 radical (unpaired) electrons. The Morgan fingerprint density at radius 1 is 1.11 bits per heavy atom. The Kier molecular flexibility index (Phi) is 3.84. The number of carboxylic acid groups (broad SMARTS) is 1. The molecule has 136 valence electrons. The number of hydrogen-bond acceptors (Lipinski definition) is 6. The van der Waals surface area contributed by atoms with Crippen LogP contribution in [0.25, 0.3) is 17.0 Å². The molecule has 27 heavy (non-hydrogen) atoms. The van der Waals surface area contributed by atoms with E-state index >= 15 is 0 Å². The third-order valence-electron chi connectivity index (χ3n) is 4.38. The van der Waals surface area contributed by atoms with Gasteiger partial charge in [-0.3, -0.25) is 4.68 Å². The molecule has 0 aliphatic rings. The van der Waals surface area contributed by atoms with Gasteiger partial charge in [-0.25, -0.2) is 14.5 Å². The number of aromatic carboxylic acids is 1. The summed E-state index contributed by atoms with van der Waals surface area (Å²) in [5.74, 6) is -1.29. The van der Waals surface area contributed by atoms with Gasteiger partial charge in [0.15, 0.2) is 0 Å². The molecule has 4 aromatic rings. The summed E-state index contributed by atoms with van der Waals surface area (Å²) in [7, 11) is 0. The third-order valence-corrected chi connectivity index (χ3v) is 4.38. The fourth-order valence-corrected chi connectivity index (χ4v) is 2.86. The second-order valence-corrected chi connectivity index (χ2v) is 6.24. The maximum atomic E-state index is 11.0. The minimum absolute atomic E-state index is 0.00174. The standard InChI is InChI=1S/C18H16N6O3/c1-10-3-5-12(6-4-10)11(2)24-15-14(8-20-24)21-18(22-16(15)25)23-9-13(7-19-23)17(26)27/h3-9,11H,1-2H3,(H,26,27)(H,21,22,25). The molecule has 0 saturated heterocycles. The fourth-order valence-electron chi connectivity index (χ4n) is 2.86. The number of rotatable bonds is 4. The number of aryl methyl sites for hydroxylation is 1.